The van der Waals surface area contributed by atoms with Gasteiger partial charge in [-0.05, 0) is 37.0 Å². The number of nitrogens with one attached hydrogen (secondary N) is 3. The Kier molecular flexibility index (Phi) is 8.39. The van der Waals surface area contributed by atoms with Crippen LogP contribution in [-0.4, -0.2) is 56.1 Å². The van der Waals surface area contributed by atoms with Crippen molar-refractivity contribution in [2.24, 2.45) is 0 Å². The van der Waals surface area contributed by atoms with Crippen molar-refractivity contribution in [1.29, 1.82) is 0 Å². The first-order valence-electron chi connectivity index (χ1n) is 9.73. The summed E-state index contributed by atoms with van der Waals surface area (Å²) in [7, 11) is -3.22. The van der Waals surface area contributed by atoms with E-state index in [1.54, 1.807) is 12.1 Å². The molecule has 0 aliphatic carbocycles. The molecule has 0 bridgehead atoms. The predicted molar refractivity (Wildman–Crippen MR) is 108 cm³/mol. The molecule has 1 atom stereocenters. The third-order valence-corrected chi connectivity index (χ3v) is 6.14. The molecule has 1 aliphatic rings. The lowest BCUT2D eigenvalue weighted by atomic mass is 10.1. The fourth-order valence-electron chi connectivity index (χ4n) is 3.18. The Labute approximate surface area is 171 Å². The number of benzene rings is 1. The van der Waals surface area contributed by atoms with Gasteiger partial charge in [0.05, 0.1) is 6.26 Å². The molecule has 1 aliphatic heterocycles. The molecule has 1 aromatic rings. The molecule has 1 unspecified atom stereocenters. The number of hydrogen-bond donors (Lipinski definition) is 3. The standard InChI is InChI=1S/C19H29FN4O4S/c1-3-4-17(23-19(26)21-13-14-5-7-15(20)8-6-14)18(25)22-16-9-11-24(12-10-16)29(2,27)28/h5-8,16-17H,3-4,9-13H2,1-2H3,(H,22,25)(H2,21,23,26). The second-order valence-electron chi connectivity index (χ2n) is 7.24. The highest BCUT2D eigenvalue weighted by molar-refractivity contribution is 7.88. The highest BCUT2D eigenvalue weighted by Crippen LogP contribution is 2.13. The minimum absolute atomic E-state index is 0.121. The maximum Gasteiger partial charge on any atom is 0.315 e. The van der Waals surface area contributed by atoms with Crippen LogP contribution in [0.25, 0.3) is 0 Å². The first-order valence-corrected chi connectivity index (χ1v) is 11.6. The van der Waals surface area contributed by atoms with E-state index in [1.165, 1.54) is 22.7 Å². The van der Waals surface area contributed by atoms with Gasteiger partial charge in [-0.3, -0.25) is 4.79 Å². The molecule has 3 N–H and O–H groups in total. The molecule has 3 amide bonds. The number of nitrogens with zero attached hydrogens (tertiary/aromatic N) is 1. The van der Waals surface area contributed by atoms with Crippen molar-refractivity contribution in [1.82, 2.24) is 20.3 Å². The van der Waals surface area contributed by atoms with E-state index in [4.69, 9.17) is 0 Å². The molecular weight excluding hydrogens is 399 g/mol. The number of piperidine rings is 1. The van der Waals surface area contributed by atoms with Crippen LogP contribution in [0.15, 0.2) is 24.3 Å². The van der Waals surface area contributed by atoms with Crippen molar-refractivity contribution in [3.8, 4) is 0 Å². The van der Waals surface area contributed by atoms with Gasteiger partial charge >= 0.3 is 6.03 Å². The van der Waals surface area contributed by atoms with Gasteiger partial charge in [0, 0.05) is 25.7 Å². The maximum absolute atomic E-state index is 12.9. The smallest absolute Gasteiger partial charge is 0.315 e. The van der Waals surface area contributed by atoms with Crippen molar-refractivity contribution in [3.63, 3.8) is 0 Å². The van der Waals surface area contributed by atoms with E-state index in [1.807, 2.05) is 6.92 Å². The summed E-state index contributed by atoms with van der Waals surface area (Å²) in [6, 6.07) is 4.51. The van der Waals surface area contributed by atoms with Crippen LogP contribution in [0.4, 0.5) is 9.18 Å². The Morgan fingerprint density at radius 2 is 1.83 bits per heavy atom. The molecule has 29 heavy (non-hydrogen) atoms. The topological polar surface area (TPSA) is 108 Å². The molecule has 1 saturated heterocycles. The molecule has 1 heterocycles. The average molecular weight is 429 g/mol. The number of halogens is 1. The second kappa shape index (κ2) is 10.5. The zero-order chi connectivity index (χ0) is 21.4. The Balaban J connectivity index is 1.82. The van der Waals surface area contributed by atoms with E-state index in [0.29, 0.717) is 38.8 Å². The van der Waals surface area contributed by atoms with Crippen molar-refractivity contribution >= 4 is 22.0 Å². The number of carbonyl (C=O) groups is 2. The normalized spacial score (nSPS) is 16.8. The molecule has 0 saturated carbocycles. The molecule has 2 rings (SSSR count). The fourth-order valence-corrected chi connectivity index (χ4v) is 4.06. The van der Waals surface area contributed by atoms with Crippen LogP contribution in [0.2, 0.25) is 0 Å². The van der Waals surface area contributed by atoms with Gasteiger partial charge in [-0.1, -0.05) is 25.5 Å². The van der Waals surface area contributed by atoms with Gasteiger partial charge in [0.25, 0.3) is 0 Å². The van der Waals surface area contributed by atoms with E-state index in [9.17, 15) is 22.4 Å². The van der Waals surface area contributed by atoms with Gasteiger partial charge in [-0.25, -0.2) is 21.9 Å². The molecule has 0 aromatic heterocycles. The van der Waals surface area contributed by atoms with E-state index in [0.717, 1.165) is 5.56 Å². The lowest BCUT2D eigenvalue weighted by Gasteiger charge is -2.31. The summed E-state index contributed by atoms with van der Waals surface area (Å²) in [5, 5.41) is 8.26. The molecule has 0 radical (unpaired) electrons. The van der Waals surface area contributed by atoms with E-state index < -0.39 is 22.1 Å². The van der Waals surface area contributed by atoms with Gasteiger partial charge < -0.3 is 16.0 Å². The van der Waals surface area contributed by atoms with E-state index in [-0.39, 0.29) is 24.3 Å². The summed E-state index contributed by atoms with van der Waals surface area (Å²) < 4.78 is 37.5. The van der Waals surface area contributed by atoms with Crippen LogP contribution in [0.5, 0.6) is 0 Å². The van der Waals surface area contributed by atoms with Crippen LogP contribution < -0.4 is 16.0 Å². The predicted octanol–water partition coefficient (Wildman–Crippen LogP) is 1.33. The molecule has 0 spiro atoms. The van der Waals surface area contributed by atoms with Crippen molar-refractivity contribution in [2.75, 3.05) is 19.3 Å². The summed E-state index contributed by atoms with van der Waals surface area (Å²) in [5.74, 6) is -0.623. The van der Waals surface area contributed by atoms with Crippen LogP contribution in [-0.2, 0) is 21.4 Å². The van der Waals surface area contributed by atoms with Crippen molar-refractivity contribution in [3.05, 3.63) is 35.6 Å². The van der Waals surface area contributed by atoms with Crippen LogP contribution in [0.1, 0.15) is 38.2 Å². The monoisotopic (exact) mass is 428 g/mol. The van der Waals surface area contributed by atoms with E-state index in [2.05, 4.69) is 16.0 Å². The number of hydrogen-bond acceptors (Lipinski definition) is 4. The average Bonchev–Trinajstić information content (AvgIpc) is 2.67. The molecule has 10 heteroatoms. The third kappa shape index (κ3) is 7.62. The summed E-state index contributed by atoms with van der Waals surface area (Å²) in [5.41, 5.74) is 0.746. The summed E-state index contributed by atoms with van der Waals surface area (Å²) in [6.07, 6.45) is 3.45. The number of rotatable bonds is 8. The SMILES string of the molecule is CCCC(NC(=O)NCc1ccc(F)cc1)C(=O)NC1CCN(S(C)(=O)=O)CC1. The number of sulfonamides is 1. The number of urea groups is 1. The maximum atomic E-state index is 12.9. The van der Waals surface area contributed by atoms with Crippen LogP contribution in [0, 0.1) is 5.82 Å². The minimum Gasteiger partial charge on any atom is -0.351 e. The summed E-state index contributed by atoms with van der Waals surface area (Å²) in [4.78, 5) is 24.8. The Morgan fingerprint density at radius 3 is 2.38 bits per heavy atom. The van der Waals surface area contributed by atoms with Gasteiger partial charge in [0.15, 0.2) is 0 Å². The summed E-state index contributed by atoms with van der Waals surface area (Å²) in [6.45, 7) is 2.88. The Hall–Kier alpha value is -2.20. The first kappa shape index (κ1) is 23.1. The van der Waals surface area contributed by atoms with E-state index >= 15 is 0 Å². The quantitative estimate of drug-likeness (QED) is 0.581. The van der Waals surface area contributed by atoms with Crippen molar-refractivity contribution in [2.45, 2.75) is 51.2 Å². The van der Waals surface area contributed by atoms with Gasteiger partial charge in [-0.2, -0.15) is 0 Å². The molecule has 1 aromatic carbocycles. The van der Waals surface area contributed by atoms with Crippen LogP contribution >= 0.6 is 0 Å². The highest BCUT2D eigenvalue weighted by atomic mass is 32.2. The molecular formula is C19H29FN4O4S. The lowest BCUT2D eigenvalue weighted by Crippen LogP contribution is -2.54. The minimum atomic E-state index is -3.22. The number of carbonyl (C=O) groups excluding carboxylic acids is 2. The zero-order valence-corrected chi connectivity index (χ0v) is 17.6. The van der Waals surface area contributed by atoms with Crippen molar-refractivity contribution < 1.29 is 22.4 Å². The fraction of sp³-hybridized carbons (Fsp3) is 0.579. The lowest BCUT2D eigenvalue weighted by molar-refractivity contribution is -0.124. The summed E-state index contributed by atoms with van der Waals surface area (Å²) >= 11 is 0. The zero-order valence-electron chi connectivity index (χ0n) is 16.8. The Morgan fingerprint density at radius 1 is 1.21 bits per heavy atom. The van der Waals surface area contributed by atoms with Gasteiger partial charge in [-0.15, -0.1) is 0 Å². The van der Waals surface area contributed by atoms with Crippen LogP contribution in [0.3, 0.4) is 0 Å². The van der Waals surface area contributed by atoms with Gasteiger partial charge in [0.1, 0.15) is 11.9 Å². The molecule has 1 fully saturated rings. The Bertz CT molecular complexity index is 793. The second-order valence-corrected chi connectivity index (χ2v) is 9.22. The largest absolute Gasteiger partial charge is 0.351 e. The molecule has 162 valence electrons. The third-order valence-electron chi connectivity index (χ3n) is 4.83. The molecule has 8 nitrogen and oxygen atoms in total. The number of amides is 3. The van der Waals surface area contributed by atoms with Gasteiger partial charge in [0.2, 0.25) is 15.9 Å². The highest BCUT2D eigenvalue weighted by Gasteiger charge is 2.28. The first-order chi connectivity index (χ1) is 13.7.